The minimum absolute atomic E-state index is 0.0508. The van der Waals surface area contributed by atoms with Gasteiger partial charge in [0.05, 0.1) is 39.6 Å². The molecule has 0 spiro atoms. The molecule has 3 aromatic carbocycles. The van der Waals surface area contributed by atoms with Crippen LogP contribution in [0.25, 0.3) is 11.1 Å². The molecule has 3 aromatic rings. The largest absolute Gasteiger partial charge is 0.491 e. The van der Waals surface area contributed by atoms with Crippen LogP contribution >= 0.6 is 0 Å². The number of rotatable bonds is 22. The van der Waals surface area contributed by atoms with Crippen molar-refractivity contribution in [1.82, 2.24) is 5.32 Å². The number of ether oxygens (including phenoxy) is 5. The molecule has 0 unspecified atom stereocenters. The van der Waals surface area contributed by atoms with E-state index < -0.39 is 6.09 Å². The standard InChI is InChI=1S/C37H49NO6/c1-2-3-4-5-6-7-12-30-17-19-31(20-18-30)43-28-27-42-26-25-41-24-23-40-22-21-38-37(39)44-29-36-34-15-10-8-13-32(34)33-14-9-11-16-35(33)36/h8-11,13-20,36H,2-7,12,21-29H2,1H3,(H,38,39). The highest BCUT2D eigenvalue weighted by molar-refractivity contribution is 5.79. The van der Waals surface area contributed by atoms with Crippen LogP contribution in [0.5, 0.6) is 5.75 Å². The highest BCUT2D eigenvalue weighted by Crippen LogP contribution is 2.44. The average Bonchev–Trinajstić information content (AvgIpc) is 3.38. The predicted octanol–water partition coefficient (Wildman–Crippen LogP) is 7.56. The summed E-state index contributed by atoms with van der Waals surface area (Å²) in [5.41, 5.74) is 6.19. The fraction of sp³-hybridized carbons (Fsp3) is 0.486. The highest BCUT2D eigenvalue weighted by Gasteiger charge is 2.28. The number of aryl methyl sites for hydroxylation is 1. The summed E-state index contributed by atoms with van der Waals surface area (Å²) in [4.78, 5) is 12.2. The number of nitrogens with one attached hydrogen (secondary N) is 1. The minimum atomic E-state index is -0.437. The Balaban J connectivity index is 0.932. The summed E-state index contributed by atoms with van der Waals surface area (Å²) in [6, 6.07) is 25.0. The number of amides is 1. The maximum Gasteiger partial charge on any atom is 0.407 e. The van der Waals surface area contributed by atoms with Gasteiger partial charge in [0.25, 0.3) is 0 Å². The van der Waals surface area contributed by atoms with Gasteiger partial charge in [0, 0.05) is 12.5 Å². The van der Waals surface area contributed by atoms with E-state index in [0.29, 0.717) is 59.4 Å². The van der Waals surface area contributed by atoms with Crippen molar-refractivity contribution < 1.29 is 28.5 Å². The third-order valence-electron chi connectivity index (χ3n) is 7.84. The zero-order valence-corrected chi connectivity index (χ0v) is 26.3. The van der Waals surface area contributed by atoms with Gasteiger partial charge >= 0.3 is 6.09 Å². The Hall–Kier alpha value is -3.39. The Morgan fingerprint density at radius 1 is 0.659 bits per heavy atom. The molecule has 1 aliphatic rings. The Morgan fingerprint density at radius 2 is 1.23 bits per heavy atom. The molecular weight excluding hydrogens is 554 g/mol. The van der Waals surface area contributed by atoms with Gasteiger partial charge in [0.1, 0.15) is 19.0 Å². The molecule has 7 heteroatoms. The molecule has 4 rings (SSSR count). The van der Waals surface area contributed by atoms with Crippen LogP contribution in [0.4, 0.5) is 4.79 Å². The van der Waals surface area contributed by atoms with E-state index in [4.69, 9.17) is 23.7 Å². The molecule has 1 N–H and O–H groups in total. The normalized spacial score (nSPS) is 12.1. The smallest absolute Gasteiger partial charge is 0.407 e. The topological polar surface area (TPSA) is 75.3 Å². The van der Waals surface area contributed by atoms with Crippen LogP contribution in [0.1, 0.15) is 68.1 Å². The van der Waals surface area contributed by atoms with Crippen molar-refractivity contribution in [3.05, 3.63) is 89.5 Å². The van der Waals surface area contributed by atoms with E-state index in [1.807, 2.05) is 36.4 Å². The molecule has 1 aliphatic carbocycles. The minimum Gasteiger partial charge on any atom is -0.491 e. The molecule has 0 bridgehead atoms. The molecule has 0 radical (unpaired) electrons. The monoisotopic (exact) mass is 603 g/mol. The van der Waals surface area contributed by atoms with Gasteiger partial charge in [-0.3, -0.25) is 0 Å². The molecule has 238 valence electrons. The van der Waals surface area contributed by atoms with E-state index in [0.717, 1.165) is 12.2 Å². The first kappa shape index (κ1) is 33.5. The van der Waals surface area contributed by atoms with E-state index in [1.54, 1.807) is 0 Å². The second-order valence-electron chi connectivity index (χ2n) is 11.1. The SMILES string of the molecule is CCCCCCCCc1ccc(OCCOCCOCCOCCNC(=O)OCC2c3ccccc3-c3ccccc32)cc1. The van der Waals surface area contributed by atoms with Gasteiger partial charge in [-0.05, 0) is 52.8 Å². The third-order valence-corrected chi connectivity index (χ3v) is 7.84. The van der Waals surface area contributed by atoms with Crippen molar-refractivity contribution >= 4 is 6.09 Å². The van der Waals surface area contributed by atoms with E-state index in [9.17, 15) is 4.79 Å². The fourth-order valence-corrected chi connectivity index (χ4v) is 5.50. The summed E-state index contributed by atoms with van der Waals surface area (Å²) in [6.45, 7) is 6.26. The van der Waals surface area contributed by atoms with Gasteiger partial charge in [-0.15, -0.1) is 0 Å². The van der Waals surface area contributed by atoms with Crippen molar-refractivity contribution in [2.75, 3.05) is 59.4 Å². The number of carbonyl (C=O) groups excluding carboxylic acids is 1. The average molecular weight is 604 g/mol. The number of hydrogen-bond donors (Lipinski definition) is 1. The second-order valence-corrected chi connectivity index (χ2v) is 11.1. The molecular formula is C37H49NO6. The van der Waals surface area contributed by atoms with Crippen molar-refractivity contribution in [2.24, 2.45) is 0 Å². The molecule has 0 aromatic heterocycles. The number of unbranched alkanes of at least 4 members (excludes halogenated alkanes) is 5. The van der Waals surface area contributed by atoms with Crippen LogP contribution in [0.3, 0.4) is 0 Å². The Morgan fingerprint density at radius 3 is 1.89 bits per heavy atom. The lowest BCUT2D eigenvalue weighted by molar-refractivity contribution is 0.00979. The molecule has 44 heavy (non-hydrogen) atoms. The highest BCUT2D eigenvalue weighted by atomic mass is 16.6. The molecule has 0 aliphatic heterocycles. The van der Waals surface area contributed by atoms with Crippen molar-refractivity contribution in [3.8, 4) is 16.9 Å². The molecule has 0 fully saturated rings. The van der Waals surface area contributed by atoms with Gasteiger partial charge in [-0.2, -0.15) is 0 Å². The second kappa shape index (κ2) is 19.8. The molecule has 0 saturated carbocycles. The van der Waals surface area contributed by atoms with Gasteiger partial charge in [0.2, 0.25) is 0 Å². The zero-order chi connectivity index (χ0) is 30.7. The zero-order valence-electron chi connectivity index (χ0n) is 26.3. The summed E-state index contributed by atoms with van der Waals surface area (Å²) in [6.07, 6.45) is 8.63. The van der Waals surface area contributed by atoms with Crippen LogP contribution in [-0.4, -0.2) is 65.5 Å². The van der Waals surface area contributed by atoms with Gasteiger partial charge in [0.15, 0.2) is 0 Å². The number of alkyl carbamates (subject to hydrolysis) is 1. The molecule has 0 heterocycles. The first-order chi connectivity index (χ1) is 21.8. The van der Waals surface area contributed by atoms with Crippen LogP contribution in [0, 0.1) is 0 Å². The Bertz CT molecular complexity index is 1190. The van der Waals surface area contributed by atoms with Gasteiger partial charge in [-0.25, -0.2) is 4.79 Å². The number of benzene rings is 3. The van der Waals surface area contributed by atoms with Crippen molar-refractivity contribution in [1.29, 1.82) is 0 Å². The summed E-state index contributed by atoms with van der Waals surface area (Å²) >= 11 is 0. The number of carbonyl (C=O) groups is 1. The first-order valence-corrected chi connectivity index (χ1v) is 16.3. The summed E-state index contributed by atoms with van der Waals surface area (Å²) in [7, 11) is 0. The number of fused-ring (bicyclic) bond motifs is 3. The van der Waals surface area contributed by atoms with Crippen molar-refractivity contribution in [3.63, 3.8) is 0 Å². The van der Waals surface area contributed by atoms with E-state index in [1.165, 1.54) is 66.3 Å². The Kier molecular flexibility index (Phi) is 15.1. The molecule has 0 saturated heterocycles. The van der Waals surface area contributed by atoms with E-state index in [2.05, 4.69) is 48.6 Å². The van der Waals surface area contributed by atoms with Crippen LogP contribution in [0.15, 0.2) is 72.8 Å². The van der Waals surface area contributed by atoms with Gasteiger partial charge in [-0.1, -0.05) is 99.7 Å². The maximum absolute atomic E-state index is 12.2. The van der Waals surface area contributed by atoms with E-state index in [-0.39, 0.29) is 5.92 Å². The molecule has 1 amide bonds. The van der Waals surface area contributed by atoms with E-state index >= 15 is 0 Å². The lowest BCUT2D eigenvalue weighted by Crippen LogP contribution is -2.29. The first-order valence-electron chi connectivity index (χ1n) is 16.3. The fourth-order valence-electron chi connectivity index (χ4n) is 5.50. The third kappa shape index (κ3) is 11.3. The maximum atomic E-state index is 12.2. The number of hydrogen-bond acceptors (Lipinski definition) is 6. The lowest BCUT2D eigenvalue weighted by Gasteiger charge is -2.14. The predicted molar refractivity (Wildman–Crippen MR) is 175 cm³/mol. The summed E-state index contributed by atoms with van der Waals surface area (Å²) < 4.78 is 28.0. The van der Waals surface area contributed by atoms with Crippen LogP contribution in [0.2, 0.25) is 0 Å². The quantitative estimate of drug-likeness (QED) is 0.120. The summed E-state index contributed by atoms with van der Waals surface area (Å²) in [5, 5.41) is 2.76. The molecule has 7 nitrogen and oxygen atoms in total. The Labute approximate surface area is 263 Å². The van der Waals surface area contributed by atoms with Crippen molar-refractivity contribution in [2.45, 2.75) is 57.8 Å². The van der Waals surface area contributed by atoms with Crippen LogP contribution in [-0.2, 0) is 25.4 Å². The van der Waals surface area contributed by atoms with Gasteiger partial charge < -0.3 is 29.0 Å². The lowest BCUT2D eigenvalue weighted by atomic mass is 9.98. The molecule has 0 atom stereocenters. The summed E-state index contributed by atoms with van der Waals surface area (Å²) in [5.74, 6) is 0.927. The van der Waals surface area contributed by atoms with Crippen LogP contribution < -0.4 is 10.1 Å².